The minimum atomic E-state index is -3.11. The lowest BCUT2D eigenvalue weighted by Crippen LogP contribution is -2.10. The molecule has 0 spiro atoms. The van der Waals surface area contributed by atoms with Gasteiger partial charge in [0.1, 0.15) is 0 Å². The van der Waals surface area contributed by atoms with E-state index >= 15 is 0 Å². The molecule has 0 saturated heterocycles. The van der Waals surface area contributed by atoms with Crippen molar-refractivity contribution in [1.82, 2.24) is 10.1 Å². The second-order valence-corrected chi connectivity index (χ2v) is 7.13. The molecule has 0 bridgehead atoms. The lowest BCUT2D eigenvalue weighted by molar-refractivity contribution is 0.0265. The number of esters is 1. The molecule has 0 aliphatic carbocycles. The Hall–Kier alpha value is -2.22. The summed E-state index contributed by atoms with van der Waals surface area (Å²) in [6.07, 6.45) is 0.493. The van der Waals surface area contributed by atoms with Crippen LogP contribution in [-0.2, 0) is 20.3 Å². The summed E-state index contributed by atoms with van der Waals surface area (Å²) in [5.41, 5.74) is 0.931. The Balaban J connectivity index is 2.03. The largest absolute Gasteiger partial charge is 0.449 e. The number of aryl methyl sites for hydroxylation is 1. The van der Waals surface area contributed by atoms with E-state index in [2.05, 4.69) is 10.1 Å². The molecule has 1 aromatic carbocycles. The maximum atomic E-state index is 12.0. The van der Waals surface area contributed by atoms with E-state index in [0.717, 1.165) is 6.26 Å². The minimum Gasteiger partial charge on any atom is -0.449 e. The van der Waals surface area contributed by atoms with Crippen LogP contribution >= 0.6 is 0 Å². The Bertz CT molecular complexity index is 765. The fourth-order valence-electron chi connectivity index (χ4n) is 1.80. The molecule has 0 amide bonds. The van der Waals surface area contributed by atoms with Gasteiger partial charge in [0.15, 0.2) is 21.8 Å². The number of ether oxygens (including phenoxy) is 1. The van der Waals surface area contributed by atoms with E-state index in [1.807, 2.05) is 0 Å². The Morgan fingerprint density at radius 1 is 1.32 bits per heavy atom. The first-order valence-corrected chi connectivity index (χ1v) is 8.58. The molecule has 2 rings (SSSR count). The molecule has 22 heavy (non-hydrogen) atoms. The van der Waals surface area contributed by atoms with Crippen LogP contribution in [0.15, 0.2) is 28.8 Å². The molecule has 0 radical (unpaired) electrons. The number of carbonyl (C=O) groups is 1. The third-order valence-corrected chi connectivity index (χ3v) is 3.65. The lowest BCUT2D eigenvalue weighted by atomic mass is 10.1. The van der Waals surface area contributed by atoms with Gasteiger partial charge in [0.25, 0.3) is 5.89 Å². The first kappa shape index (κ1) is 16.2. The van der Waals surface area contributed by atoms with Gasteiger partial charge in [-0.2, -0.15) is 4.98 Å². The summed E-state index contributed by atoms with van der Waals surface area (Å²) < 4.78 is 32.6. The number of hydrogen-bond donors (Lipinski definition) is 0. The summed E-state index contributed by atoms with van der Waals surface area (Å²) in [6.45, 7) is 3.30. The van der Waals surface area contributed by atoms with Crippen molar-refractivity contribution in [3.05, 3.63) is 47.1 Å². The van der Waals surface area contributed by atoms with Crippen molar-refractivity contribution in [3.8, 4) is 0 Å². The molecular weight excluding hydrogens is 308 g/mol. The molecule has 1 heterocycles. The van der Waals surface area contributed by atoms with E-state index in [9.17, 15) is 13.2 Å². The molecule has 0 unspecified atom stereocenters. The summed E-state index contributed by atoms with van der Waals surface area (Å²) >= 11 is 0. The fourth-order valence-corrected chi connectivity index (χ4v) is 2.60. The number of aromatic nitrogens is 2. The van der Waals surface area contributed by atoms with E-state index in [1.54, 1.807) is 26.0 Å². The molecule has 0 N–H and O–H groups in total. The van der Waals surface area contributed by atoms with Gasteiger partial charge in [0.2, 0.25) is 0 Å². The number of carbonyl (C=O) groups excluding carboxylic acids is 1. The summed E-state index contributed by atoms with van der Waals surface area (Å²) in [4.78, 5) is 16.0. The molecule has 0 saturated carbocycles. The zero-order chi connectivity index (χ0) is 16.3. The highest BCUT2D eigenvalue weighted by atomic mass is 32.2. The maximum absolute atomic E-state index is 12.0. The molecule has 0 fully saturated rings. The van der Waals surface area contributed by atoms with E-state index in [4.69, 9.17) is 9.26 Å². The predicted octanol–water partition coefficient (Wildman–Crippen LogP) is 1.84. The second kappa shape index (κ2) is 6.27. The van der Waals surface area contributed by atoms with Crippen molar-refractivity contribution in [2.24, 2.45) is 0 Å². The quantitative estimate of drug-likeness (QED) is 0.774. The monoisotopic (exact) mass is 324 g/mol. The highest BCUT2D eigenvalue weighted by Crippen LogP contribution is 2.17. The van der Waals surface area contributed by atoms with Crippen LogP contribution in [-0.4, -0.2) is 30.8 Å². The van der Waals surface area contributed by atoms with Gasteiger partial charge in [-0.05, 0) is 31.5 Å². The summed E-state index contributed by atoms with van der Waals surface area (Å²) in [6, 6.07) is 6.21. The number of hydrogen-bond acceptors (Lipinski definition) is 7. The molecule has 1 aromatic heterocycles. The molecule has 118 valence electrons. The first-order chi connectivity index (χ1) is 10.2. The van der Waals surface area contributed by atoms with Crippen LogP contribution in [0.4, 0.5) is 0 Å². The zero-order valence-electron chi connectivity index (χ0n) is 12.4. The number of benzene rings is 1. The third-order valence-electron chi connectivity index (χ3n) is 2.79. The van der Waals surface area contributed by atoms with Gasteiger partial charge in [-0.25, -0.2) is 13.2 Å². The van der Waals surface area contributed by atoms with Crippen LogP contribution in [0.1, 0.15) is 40.7 Å². The Morgan fingerprint density at radius 2 is 1.95 bits per heavy atom. The van der Waals surface area contributed by atoms with Gasteiger partial charge in [-0.1, -0.05) is 17.3 Å². The van der Waals surface area contributed by atoms with E-state index < -0.39 is 21.9 Å². The van der Waals surface area contributed by atoms with Crippen LogP contribution in [0.3, 0.4) is 0 Å². The minimum absolute atomic E-state index is 0.0695. The molecule has 7 nitrogen and oxygen atoms in total. The molecule has 0 aliphatic rings. The second-order valence-electron chi connectivity index (χ2n) is 4.99. The number of rotatable bonds is 5. The predicted molar refractivity (Wildman–Crippen MR) is 77.9 cm³/mol. The van der Waals surface area contributed by atoms with Crippen LogP contribution in [0.25, 0.3) is 0 Å². The van der Waals surface area contributed by atoms with Crippen LogP contribution in [0, 0.1) is 6.92 Å². The van der Waals surface area contributed by atoms with Crippen molar-refractivity contribution in [3.63, 3.8) is 0 Å². The van der Waals surface area contributed by atoms with Gasteiger partial charge >= 0.3 is 5.97 Å². The summed E-state index contributed by atoms with van der Waals surface area (Å²) in [7, 11) is -3.11. The molecular formula is C14H16N2O5S. The lowest BCUT2D eigenvalue weighted by Gasteiger charge is -2.09. The Labute approximate surface area is 128 Å². The molecule has 2 aromatic rings. The van der Waals surface area contributed by atoms with E-state index in [0.29, 0.717) is 17.0 Å². The van der Waals surface area contributed by atoms with Crippen molar-refractivity contribution < 1.29 is 22.5 Å². The van der Waals surface area contributed by atoms with Gasteiger partial charge in [0.05, 0.1) is 11.3 Å². The van der Waals surface area contributed by atoms with E-state index in [-0.39, 0.29) is 11.6 Å². The average Bonchev–Trinajstić information content (AvgIpc) is 2.84. The number of nitrogens with zero attached hydrogens (tertiary/aromatic N) is 2. The molecule has 8 heteroatoms. The highest BCUT2D eigenvalue weighted by molar-refractivity contribution is 7.89. The molecule has 0 aliphatic heterocycles. The summed E-state index contributed by atoms with van der Waals surface area (Å²) in [5.74, 6) is 0.0665. The van der Waals surface area contributed by atoms with Crippen LogP contribution < -0.4 is 0 Å². The fraction of sp³-hybridized carbons (Fsp3) is 0.357. The van der Waals surface area contributed by atoms with Crippen molar-refractivity contribution in [1.29, 1.82) is 0 Å². The van der Waals surface area contributed by atoms with Crippen molar-refractivity contribution in [2.75, 3.05) is 6.26 Å². The third kappa shape index (κ3) is 4.39. The van der Waals surface area contributed by atoms with Crippen molar-refractivity contribution in [2.45, 2.75) is 25.7 Å². The number of sulfone groups is 1. The smallest absolute Gasteiger partial charge is 0.338 e. The van der Waals surface area contributed by atoms with Crippen LogP contribution in [0.2, 0.25) is 0 Å². The normalized spacial score (nSPS) is 12.9. The average molecular weight is 324 g/mol. The van der Waals surface area contributed by atoms with Gasteiger partial charge in [-0.3, -0.25) is 0 Å². The molecule has 1 atom stereocenters. The Kier molecular flexibility index (Phi) is 4.60. The van der Waals surface area contributed by atoms with Gasteiger partial charge < -0.3 is 9.26 Å². The van der Waals surface area contributed by atoms with E-state index in [1.165, 1.54) is 12.1 Å². The first-order valence-electron chi connectivity index (χ1n) is 6.52. The maximum Gasteiger partial charge on any atom is 0.338 e. The zero-order valence-corrected chi connectivity index (χ0v) is 13.3. The summed E-state index contributed by atoms with van der Waals surface area (Å²) in [5, 5.41) is 3.63. The topological polar surface area (TPSA) is 99.4 Å². The van der Waals surface area contributed by atoms with Crippen molar-refractivity contribution >= 4 is 15.8 Å². The SMILES string of the molecule is Cc1noc([C@H](C)OC(=O)c2ccc(CS(C)(=O)=O)cc2)n1. The van der Waals surface area contributed by atoms with Gasteiger partial charge in [-0.15, -0.1) is 0 Å². The van der Waals surface area contributed by atoms with Crippen LogP contribution in [0.5, 0.6) is 0 Å². The Morgan fingerprint density at radius 3 is 2.45 bits per heavy atom. The highest BCUT2D eigenvalue weighted by Gasteiger charge is 2.18. The van der Waals surface area contributed by atoms with Gasteiger partial charge in [0, 0.05) is 6.26 Å². The standard InChI is InChI=1S/C14H16N2O5S/c1-9(13-15-10(2)16-21-13)20-14(17)12-6-4-11(5-7-12)8-22(3,18)19/h4-7,9H,8H2,1-3H3/t9-/m0/s1.